The van der Waals surface area contributed by atoms with Gasteiger partial charge in [0, 0.05) is 5.92 Å². The smallest absolute Gasteiger partial charge is 0.261 e. The van der Waals surface area contributed by atoms with Crippen LogP contribution < -0.4 is 0 Å². The molecule has 0 bridgehead atoms. The molecule has 1 fully saturated rings. The summed E-state index contributed by atoms with van der Waals surface area (Å²) in [6.45, 7) is 4.23. The van der Waals surface area contributed by atoms with Crippen molar-refractivity contribution in [1.82, 2.24) is 10.1 Å². The Morgan fingerprint density at radius 2 is 2.19 bits per heavy atom. The Bertz CT molecular complexity index is 621. The maximum absolute atomic E-state index is 9.96. The fourth-order valence-electron chi connectivity index (χ4n) is 3.23. The normalized spacial score (nSPS) is 22.4. The Hall–Kier alpha value is -1.84. The van der Waals surface area contributed by atoms with Crippen LogP contribution in [-0.2, 0) is 0 Å². The van der Waals surface area contributed by atoms with Gasteiger partial charge in [-0.05, 0) is 37.8 Å². The molecule has 0 saturated heterocycles. The van der Waals surface area contributed by atoms with Crippen LogP contribution in [-0.4, -0.2) is 15.2 Å². The molecule has 0 spiro atoms. The number of phenolic OH excluding ortho intramolecular Hbond substituents is 1. The first kappa shape index (κ1) is 14.1. The fourth-order valence-corrected chi connectivity index (χ4v) is 3.23. The Labute approximate surface area is 125 Å². The molecule has 2 atom stereocenters. The van der Waals surface area contributed by atoms with Crippen LogP contribution in [0.2, 0.25) is 0 Å². The molecule has 0 aliphatic heterocycles. The highest BCUT2D eigenvalue weighted by atomic mass is 16.5. The summed E-state index contributed by atoms with van der Waals surface area (Å²) in [5.74, 6) is 2.57. The number of aryl methyl sites for hydroxylation is 1. The molecule has 1 heterocycles. The van der Waals surface area contributed by atoms with Crippen molar-refractivity contribution in [2.75, 3.05) is 0 Å². The van der Waals surface area contributed by atoms with Crippen molar-refractivity contribution in [2.24, 2.45) is 5.92 Å². The third-order valence-corrected chi connectivity index (χ3v) is 4.55. The van der Waals surface area contributed by atoms with Gasteiger partial charge < -0.3 is 9.63 Å². The van der Waals surface area contributed by atoms with E-state index in [1.165, 1.54) is 19.3 Å². The maximum Gasteiger partial charge on any atom is 0.261 e. The van der Waals surface area contributed by atoms with Gasteiger partial charge in [0.05, 0.1) is 5.56 Å². The molecule has 1 aliphatic carbocycles. The minimum absolute atomic E-state index is 0.186. The molecule has 1 aromatic heterocycles. The molecule has 2 aromatic rings. The number of hydrogen-bond acceptors (Lipinski definition) is 4. The molecule has 3 rings (SSSR count). The van der Waals surface area contributed by atoms with E-state index < -0.39 is 0 Å². The predicted octanol–water partition coefficient (Wildman–Crippen LogP) is 4.43. The molecule has 1 aromatic carbocycles. The highest BCUT2D eigenvalue weighted by Crippen LogP contribution is 2.37. The van der Waals surface area contributed by atoms with Crippen molar-refractivity contribution >= 4 is 0 Å². The molecule has 21 heavy (non-hydrogen) atoms. The number of aromatic hydroxyl groups is 1. The van der Waals surface area contributed by atoms with E-state index >= 15 is 0 Å². The van der Waals surface area contributed by atoms with Crippen molar-refractivity contribution in [1.29, 1.82) is 0 Å². The summed E-state index contributed by atoms with van der Waals surface area (Å²) in [4.78, 5) is 4.54. The summed E-state index contributed by atoms with van der Waals surface area (Å²) >= 11 is 0. The van der Waals surface area contributed by atoms with E-state index in [0.29, 0.717) is 17.4 Å². The number of phenols is 1. The monoisotopic (exact) mass is 286 g/mol. The second-order valence-corrected chi connectivity index (χ2v) is 6.12. The molecule has 1 N–H and O–H groups in total. The van der Waals surface area contributed by atoms with E-state index in [-0.39, 0.29) is 5.75 Å². The zero-order valence-corrected chi connectivity index (χ0v) is 12.7. The van der Waals surface area contributed by atoms with Crippen molar-refractivity contribution in [3.63, 3.8) is 0 Å². The van der Waals surface area contributed by atoms with E-state index in [0.717, 1.165) is 30.1 Å². The molecule has 1 aliphatic rings. The van der Waals surface area contributed by atoms with E-state index in [1.54, 1.807) is 6.07 Å². The summed E-state index contributed by atoms with van der Waals surface area (Å²) in [6, 6.07) is 5.41. The molecule has 2 unspecified atom stereocenters. The van der Waals surface area contributed by atoms with Crippen molar-refractivity contribution in [3.8, 4) is 17.2 Å². The van der Waals surface area contributed by atoms with Crippen LogP contribution in [0.25, 0.3) is 11.5 Å². The second kappa shape index (κ2) is 5.88. The molecule has 112 valence electrons. The minimum atomic E-state index is 0.186. The Morgan fingerprint density at radius 3 is 3.00 bits per heavy atom. The molecule has 0 amide bonds. The van der Waals surface area contributed by atoms with Crippen LogP contribution in [0.4, 0.5) is 0 Å². The lowest BCUT2D eigenvalue weighted by Crippen LogP contribution is -2.14. The summed E-state index contributed by atoms with van der Waals surface area (Å²) in [5, 5.41) is 14.1. The lowest BCUT2D eigenvalue weighted by Gasteiger charge is -2.26. The van der Waals surface area contributed by atoms with Gasteiger partial charge in [-0.15, -0.1) is 0 Å². The lowest BCUT2D eigenvalue weighted by atomic mass is 9.80. The Morgan fingerprint density at radius 1 is 1.33 bits per heavy atom. The van der Waals surface area contributed by atoms with Crippen molar-refractivity contribution in [2.45, 2.75) is 51.9 Å². The van der Waals surface area contributed by atoms with Crippen LogP contribution >= 0.6 is 0 Å². The molecule has 0 radical (unpaired) electrons. The zero-order valence-electron chi connectivity index (χ0n) is 12.7. The highest BCUT2D eigenvalue weighted by Gasteiger charge is 2.26. The van der Waals surface area contributed by atoms with Gasteiger partial charge in [-0.2, -0.15) is 4.98 Å². The summed E-state index contributed by atoms with van der Waals surface area (Å²) < 4.78 is 5.39. The molecule has 4 nitrogen and oxygen atoms in total. The van der Waals surface area contributed by atoms with Crippen LogP contribution in [0.3, 0.4) is 0 Å². The quantitative estimate of drug-likeness (QED) is 0.906. The van der Waals surface area contributed by atoms with E-state index in [9.17, 15) is 5.11 Å². The maximum atomic E-state index is 9.96. The number of nitrogens with zero attached hydrogens (tertiary/aromatic N) is 2. The molecule has 4 heteroatoms. The van der Waals surface area contributed by atoms with Gasteiger partial charge in [0.1, 0.15) is 5.75 Å². The first-order valence-electron chi connectivity index (χ1n) is 7.81. The van der Waals surface area contributed by atoms with Gasteiger partial charge in [-0.3, -0.25) is 0 Å². The third-order valence-electron chi connectivity index (χ3n) is 4.55. The van der Waals surface area contributed by atoms with Crippen molar-refractivity contribution in [3.05, 3.63) is 29.6 Å². The van der Waals surface area contributed by atoms with Crippen LogP contribution in [0.5, 0.6) is 5.75 Å². The van der Waals surface area contributed by atoms with Crippen LogP contribution in [0.15, 0.2) is 22.7 Å². The van der Waals surface area contributed by atoms with Gasteiger partial charge in [-0.25, -0.2) is 0 Å². The first-order valence-corrected chi connectivity index (χ1v) is 7.81. The third kappa shape index (κ3) is 2.94. The topological polar surface area (TPSA) is 59.2 Å². The molecule has 1 saturated carbocycles. The summed E-state index contributed by atoms with van der Waals surface area (Å²) in [7, 11) is 0. The SMILES string of the molecule is CCC1CCCC(c2noc(-c3cc(C)ccc3O)n2)C1. The number of rotatable bonds is 3. The van der Waals surface area contributed by atoms with Gasteiger partial charge in [0.25, 0.3) is 5.89 Å². The first-order chi connectivity index (χ1) is 10.2. The van der Waals surface area contributed by atoms with E-state index in [2.05, 4.69) is 17.1 Å². The van der Waals surface area contributed by atoms with Gasteiger partial charge in [0.15, 0.2) is 5.82 Å². The average molecular weight is 286 g/mol. The second-order valence-electron chi connectivity index (χ2n) is 6.12. The lowest BCUT2D eigenvalue weighted by molar-refractivity contribution is 0.300. The van der Waals surface area contributed by atoms with E-state index in [4.69, 9.17) is 4.52 Å². The Balaban J connectivity index is 1.84. The predicted molar refractivity (Wildman–Crippen MR) is 81.1 cm³/mol. The Kier molecular flexibility index (Phi) is 3.95. The number of hydrogen-bond donors (Lipinski definition) is 1. The zero-order chi connectivity index (χ0) is 14.8. The summed E-state index contributed by atoms with van der Waals surface area (Å²) in [5.41, 5.74) is 1.68. The van der Waals surface area contributed by atoms with Gasteiger partial charge in [0.2, 0.25) is 0 Å². The van der Waals surface area contributed by atoms with Crippen LogP contribution in [0, 0.1) is 12.8 Å². The number of aromatic nitrogens is 2. The van der Waals surface area contributed by atoms with Crippen LogP contribution in [0.1, 0.15) is 56.3 Å². The van der Waals surface area contributed by atoms with Gasteiger partial charge in [-0.1, -0.05) is 43.0 Å². The standard InChI is InChI=1S/C17H22N2O2/c1-3-12-5-4-6-13(10-12)16-18-17(21-19-16)14-9-11(2)7-8-15(14)20/h7-9,12-13,20H,3-6,10H2,1-2H3. The van der Waals surface area contributed by atoms with Gasteiger partial charge >= 0.3 is 0 Å². The average Bonchev–Trinajstić information content (AvgIpc) is 2.99. The molecular formula is C17H22N2O2. The molecular weight excluding hydrogens is 264 g/mol. The van der Waals surface area contributed by atoms with Crippen molar-refractivity contribution < 1.29 is 9.63 Å². The number of benzene rings is 1. The minimum Gasteiger partial charge on any atom is -0.507 e. The fraction of sp³-hybridized carbons (Fsp3) is 0.529. The largest absolute Gasteiger partial charge is 0.507 e. The summed E-state index contributed by atoms with van der Waals surface area (Å²) in [6.07, 6.45) is 6.06. The van der Waals surface area contributed by atoms with E-state index in [1.807, 2.05) is 19.1 Å². The highest BCUT2D eigenvalue weighted by molar-refractivity contribution is 5.63.